The predicted octanol–water partition coefficient (Wildman–Crippen LogP) is 3.41. The molecule has 0 amide bonds. The van der Waals surface area contributed by atoms with Crippen molar-refractivity contribution < 1.29 is 4.39 Å². The normalized spacial score (nSPS) is 22.6. The average Bonchev–Trinajstić information content (AvgIpc) is 2.80. The first kappa shape index (κ1) is 14.5. The van der Waals surface area contributed by atoms with Crippen molar-refractivity contribution in [2.75, 3.05) is 13.1 Å². The number of hydrogen-bond acceptors (Lipinski definition) is 2. The van der Waals surface area contributed by atoms with Crippen LogP contribution in [0.25, 0.3) is 0 Å². The number of nitrogens with zero attached hydrogens (tertiary/aromatic N) is 1. The van der Waals surface area contributed by atoms with Crippen LogP contribution in [0.5, 0.6) is 0 Å². The summed E-state index contributed by atoms with van der Waals surface area (Å²) in [5.41, 5.74) is 8.49. The van der Waals surface area contributed by atoms with Gasteiger partial charge < -0.3 is 5.73 Å². The highest BCUT2D eigenvalue weighted by molar-refractivity contribution is 6.31. The number of halogens is 2. The maximum Gasteiger partial charge on any atom is 0.124 e. The summed E-state index contributed by atoms with van der Waals surface area (Å²) in [7, 11) is 0. The molecular formula is C17H18ClFN2. The molecular weight excluding hydrogens is 287 g/mol. The van der Waals surface area contributed by atoms with Crippen molar-refractivity contribution in [3.63, 3.8) is 0 Å². The topological polar surface area (TPSA) is 29.3 Å². The fourth-order valence-corrected chi connectivity index (χ4v) is 3.32. The first-order valence-corrected chi connectivity index (χ1v) is 7.48. The molecule has 2 N–H and O–H groups in total. The first-order chi connectivity index (χ1) is 10.1. The van der Waals surface area contributed by atoms with Crippen LogP contribution in [0.2, 0.25) is 5.02 Å². The minimum Gasteiger partial charge on any atom is -0.326 e. The molecule has 2 nitrogen and oxygen atoms in total. The Kier molecular flexibility index (Phi) is 4.24. The van der Waals surface area contributed by atoms with Gasteiger partial charge in [-0.1, -0.05) is 48.0 Å². The van der Waals surface area contributed by atoms with Crippen LogP contribution < -0.4 is 5.73 Å². The molecule has 1 saturated heterocycles. The molecule has 0 radical (unpaired) electrons. The monoisotopic (exact) mass is 304 g/mol. The molecule has 110 valence electrons. The van der Waals surface area contributed by atoms with E-state index in [4.69, 9.17) is 17.3 Å². The van der Waals surface area contributed by atoms with Crippen molar-refractivity contribution >= 4 is 11.6 Å². The van der Waals surface area contributed by atoms with Crippen LogP contribution in [-0.4, -0.2) is 24.0 Å². The summed E-state index contributed by atoms with van der Waals surface area (Å²) < 4.78 is 13.2. The Hall–Kier alpha value is -1.42. The van der Waals surface area contributed by atoms with E-state index in [2.05, 4.69) is 17.0 Å². The standard InChI is InChI=1S/C17H18ClFN2/c18-16-8-13(19)6-7-14(16)15-10-21(11-17(15)20)9-12-4-2-1-3-5-12/h1-8,15,17H,9-11,20H2. The molecule has 1 fully saturated rings. The van der Waals surface area contributed by atoms with Crippen LogP contribution in [0, 0.1) is 5.82 Å². The fourth-order valence-electron chi connectivity index (χ4n) is 3.02. The van der Waals surface area contributed by atoms with Crippen LogP contribution in [0.1, 0.15) is 17.0 Å². The Morgan fingerprint density at radius 2 is 1.90 bits per heavy atom. The van der Waals surface area contributed by atoms with E-state index in [9.17, 15) is 4.39 Å². The first-order valence-electron chi connectivity index (χ1n) is 7.10. The van der Waals surface area contributed by atoms with E-state index in [1.54, 1.807) is 6.07 Å². The minimum absolute atomic E-state index is 0.0247. The van der Waals surface area contributed by atoms with Crippen LogP contribution in [-0.2, 0) is 6.54 Å². The Balaban J connectivity index is 1.74. The van der Waals surface area contributed by atoms with Gasteiger partial charge >= 0.3 is 0 Å². The van der Waals surface area contributed by atoms with E-state index in [1.165, 1.54) is 17.7 Å². The highest BCUT2D eigenvalue weighted by Gasteiger charge is 2.32. The lowest BCUT2D eigenvalue weighted by Crippen LogP contribution is -2.28. The van der Waals surface area contributed by atoms with E-state index < -0.39 is 0 Å². The third kappa shape index (κ3) is 3.26. The maximum absolute atomic E-state index is 13.2. The van der Waals surface area contributed by atoms with Crippen LogP contribution in [0.15, 0.2) is 48.5 Å². The number of rotatable bonds is 3. The zero-order valence-corrected chi connectivity index (χ0v) is 12.4. The lowest BCUT2D eigenvalue weighted by molar-refractivity contribution is 0.324. The smallest absolute Gasteiger partial charge is 0.124 e. The zero-order chi connectivity index (χ0) is 14.8. The van der Waals surface area contributed by atoms with Crippen molar-refractivity contribution in [2.24, 2.45) is 5.73 Å². The SMILES string of the molecule is NC1CN(Cc2ccccc2)CC1c1ccc(F)cc1Cl. The Bertz CT molecular complexity index is 617. The highest BCUT2D eigenvalue weighted by Crippen LogP contribution is 2.32. The Morgan fingerprint density at radius 1 is 1.14 bits per heavy atom. The molecule has 1 heterocycles. The van der Waals surface area contributed by atoms with E-state index in [0.717, 1.165) is 25.2 Å². The summed E-state index contributed by atoms with van der Waals surface area (Å²) in [6, 6.07) is 14.9. The highest BCUT2D eigenvalue weighted by atomic mass is 35.5. The summed E-state index contributed by atoms with van der Waals surface area (Å²) in [5, 5.41) is 0.469. The fraction of sp³-hybridized carbons (Fsp3) is 0.294. The third-order valence-corrected chi connectivity index (χ3v) is 4.38. The lowest BCUT2D eigenvalue weighted by Gasteiger charge is -2.17. The summed E-state index contributed by atoms with van der Waals surface area (Å²) in [6.07, 6.45) is 0. The molecule has 2 aromatic carbocycles. The van der Waals surface area contributed by atoms with Gasteiger partial charge in [0.05, 0.1) is 0 Å². The van der Waals surface area contributed by atoms with E-state index in [-0.39, 0.29) is 17.8 Å². The van der Waals surface area contributed by atoms with Crippen molar-refractivity contribution in [1.82, 2.24) is 4.90 Å². The molecule has 21 heavy (non-hydrogen) atoms. The van der Waals surface area contributed by atoms with Gasteiger partial charge in [-0.3, -0.25) is 4.90 Å². The molecule has 0 spiro atoms. The van der Waals surface area contributed by atoms with Crippen LogP contribution >= 0.6 is 11.6 Å². The van der Waals surface area contributed by atoms with Gasteiger partial charge in [0.1, 0.15) is 5.82 Å². The minimum atomic E-state index is -0.309. The molecule has 4 heteroatoms. The van der Waals surface area contributed by atoms with Crippen LogP contribution in [0.4, 0.5) is 4.39 Å². The third-order valence-electron chi connectivity index (χ3n) is 4.05. The van der Waals surface area contributed by atoms with Crippen molar-refractivity contribution in [3.8, 4) is 0 Å². The molecule has 0 aliphatic carbocycles. The molecule has 0 bridgehead atoms. The molecule has 2 unspecified atom stereocenters. The average molecular weight is 305 g/mol. The largest absolute Gasteiger partial charge is 0.326 e. The Morgan fingerprint density at radius 3 is 2.62 bits per heavy atom. The summed E-state index contributed by atoms with van der Waals surface area (Å²) >= 11 is 6.17. The molecule has 2 atom stereocenters. The molecule has 1 aliphatic rings. The summed E-state index contributed by atoms with van der Waals surface area (Å²) in [5.74, 6) is -0.154. The summed E-state index contributed by atoms with van der Waals surface area (Å²) in [6.45, 7) is 2.55. The van der Waals surface area contributed by atoms with Gasteiger partial charge in [0.15, 0.2) is 0 Å². The molecule has 3 rings (SSSR count). The van der Waals surface area contributed by atoms with Crippen molar-refractivity contribution in [2.45, 2.75) is 18.5 Å². The number of likely N-dealkylation sites (tertiary alicyclic amines) is 1. The van der Waals surface area contributed by atoms with Crippen molar-refractivity contribution in [1.29, 1.82) is 0 Å². The van der Waals surface area contributed by atoms with Gasteiger partial charge in [-0.25, -0.2) is 4.39 Å². The van der Waals surface area contributed by atoms with Gasteiger partial charge in [-0.2, -0.15) is 0 Å². The van der Waals surface area contributed by atoms with Crippen molar-refractivity contribution in [3.05, 3.63) is 70.5 Å². The maximum atomic E-state index is 13.2. The molecule has 2 aromatic rings. The molecule has 0 saturated carbocycles. The second-order valence-corrected chi connectivity index (χ2v) is 6.02. The quantitative estimate of drug-likeness (QED) is 0.941. The number of nitrogens with two attached hydrogens (primary N) is 1. The second-order valence-electron chi connectivity index (χ2n) is 5.62. The number of benzene rings is 2. The van der Waals surface area contributed by atoms with E-state index in [1.807, 2.05) is 18.2 Å². The van der Waals surface area contributed by atoms with Gasteiger partial charge in [-0.05, 0) is 23.3 Å². The van der Waals surface area contributed by atoms with Crippen LogP contribution in [0.3, 0.4) is 0 Å². The van der Waals surface area contributed by atoms with E-state index in [0.29, 0.717) is 5.02 Å². The zero-order valence-electron chi connectivity index (χ0n) is 11.7. The molecule has 1 aliphatic heterocycles. The van der Waals surface area contributed by atoms with E-state index >= 15 is 0 Å². The van der Waals surface area contributed by atoms with Gasteiger partial charge in [0.2, 0.25) is 0 Å². The predicted molar refractivity (Wildman–Crippen MR) is 83.8 cm³/mol. The van der Waals surface area contributed by atoms with Gasteiger partial charge in [0, 0.05) is 36.6 Å². The summed E-state index contributed by atoms with van der Waals surface area (Å²) in [4.78, 5) is 2.32. The molecule has 0 aromatic heterocycles. The second kappa shape index (κ2) is 6.14. The Labute approximate surface area is 129 Å². The lowest BCUT2D eigenvalue weighted by atomic mass is 9.95. The number of hydrogen-bond donors (Lipinski definition) is 1. The van der Waals surface area contributed by atoms with Gasteiger partial charge in [0.25, 0.3) is 0 Å². The van der Waals surface area contributed by atoms with Gasteiger partial charge in [-0.15, -0.1) is 0 Å².